The molecule has 1 aromatic heterocycles. The number of aliphatic hydroxyl groups excluding tert-OH is 1. The Kier molecular flexibility index (Phi) is 5.09. The third kappa shape index (κ3) is 3.68. The maximum Gasteiger partial charge on any atom is 0.174 e. The average Bonchev–Trinajstić information content (AvgIpc) is 2.57. The maximum atomic E-state index is 11.8. The zero-order chi connectivity index (χ0) is 12.1. The van der Waals surface area contributed by atoms with Crippen LogP contribution in [0.1, 0.15) is 28.7 Å². The summed E-state index contributed by atoms with van der Waals surface area (Å²) in [6.07, 6.45) is 0. The molecule has 0 bridgehead atoms. The molecular formula is C12H19NO2S. The maximum absolute atomic E-state index is 11.8. The molecule has 1 atom stereocenters. The molecule has 0 spiro atoms. The van der Waals surface area contributed by atoms with Crippen molar-refractivity contribution in [1.82, 2.24) is 4.98 Å². The molecular weight excluding hydrogens is 222 g/mol. The predicted molar refractivity (Wildman–Crippen MR) is 68.2 cm³/mol. The van der Waals surface area contributed by atoms with E-state index >= 15 is 0 Å². The van der Waals surface area contributed by atoms with Crippen LogP contribution < -0.4 is 0 Å². The molecule has 0 aliphatic heterocycles. The number of aromatic nitrogens is 1. The molecule has 0 saturated heterocycles. The molecule has 90 valence electrons. The van der Waals surface area contributed by atoms with Crippen LogP contribution in [0.15, 0.2) is 6.07 Å². The second-order valence-electron chi connectivity index (χ2n) is 4.22. The SMILES string of the molecule is Cc1cc(C(=O)CSCC(C)CO)c(C)[nH]1. The molecule has 1 unspecified atom stereocenters. The van der Waals surface area contributed by atoms with E-state index in [0.29, 0.717) is 5.75 Å². The van der Waals surface area contributed by atoms with Crippen molar-refractivity contribution in [3.63, 3.8) is 0 Å². The molecule has 2 N–H and O–H groups in total. The van der Waals surface area contributed by atoms with Gasteiger partial charge in [-0.1, -0.05) is 6.92 Å². The number of thioether (sulfide) groups is 1. The first kappa shape index (κ1) is 13.3. The highest BCUT2D eigenvalue weighted by atomic mass is 32.2. The van der Waals surface area contributed by atoms with E-state index in [4.69, 9.17) is 5.11 Å². The van der Waals surface area contributed by atoms with E-state index in [1.54, 1.807) is 11.8 Å². The summed E-state index contributed by atoms with van der Waals surface area (Å²) < 4.78 is 0. The third-order valence-corrected chi connectivity index (χ3v) is 3.67. The topological polar surface area (TPSA) is 53.1 Å². The van der Waals surface area contributed by atoms with Gasteiger partial charge in [0, 0.05) is 23.6 Å². The second-order valence-corrected chi connectivity index (χ2v) is 5.25. The molecule has 0 radical (unpaired) electrons. The van der Waals surface area contributed by atoms with E-state index in [0.717, 1.165) is 22.7 Å². The first-order valence-electron chi connectivity index (χ1n) is 5.42. The van der Waals surface area contributed by atoms with Crippen LogP contribution in [0, 0.1) is 19.8 Å². The lowest BCUT2D eigenvalue weighted by atomic mass is 10.2. The minimum atomic E-state index is 0.164. The van der Waals surface area contributed by atoms with Crippen molar-refractivity contribution in [3.8, 4) is 0 Å². The summed E-state index contributed by atoms with van der Waals surface area (Å²) in [5, 5.41) is 8.86. The normalized spacial score (nSPS) is 12.8. The van der Waals surface area contributed by atoms with Gasteiger partial charge in [0.1, 0.15) is 0 Å². The molecule has 0 aromatic carbocycles. The fourth-order valence-corrected chi connectivity index (χ4v) is 2.46. The van der Waals surface area contributed by atoms with Gasteiger partial charge in [-0.05, 0) is 31.6 Å². The van der Waals surface area contributed by atoms with E-state index < -0.39 is 0 Å². The number of aliphatic hydroxyl groups is 1. The molecule has 0 amide bonds. The Morgan fingerprint density at radius 3 is 2.75 bits per heavy atom. The van der Waals surface area contributed by atoms with E-state index in [1.807, 2.05) is 26.8 Å². The van der Waals surface area contributed by atoms with E-state index in [9.17, 15) is 4.79 Å². The first-order chi connectivity index (χ1) is 7.54. The number of Topliss-reactive ketones (excluding diaryl/α,β-unsaturated/α-hetero) is 1. The number of hydrogen-bond acceptors (Lipinski definition) is 3. The monoisotopic (exact) mass is 241 g/mol. The number of aromatic amines is 1. The van der Waals surface area contributed by atoms with Crippen molar-refractivity contribution in [3.05, 3.63) is 23.0 Å². The molecule has 4 heteroatoms. The zero-order valence-corrected chi connectivity index (χ0v) is 10.9. The molecule has 1 aromatic rings. The highest BCUT2D eigenvalue weighted by molar-refractivity contribution is 7.99. The quantitative estimate of drug-likeness (QED) is 0.751. The van der Waals surface area contributed by atoms with Gasteiger partial charge in [-0.2, -0.15) is 11.8 Å². The minimum Gasteiger partial charge on any atom is -0.396 e. The molecule has 3 nitrogen and oxygen atoms in total. The van der Waals surface area contributed by atoms with Crippen molar-refractivity contribution in [2.45, 2.75) is 20.8 Å². The van der Waals surface area contributed by atoms with Crippen LogP contribution in [0.2, 0.25) is 0 Å². The first-order valence-corrected chi connectivity index (χ1v) is 6.58. The van der Waals surface area contributed by atoms with E-state index in [-0.39, 0.29) is 18.3 Å². The van der Waals surface area contributed by atoms with Crippen LogP contribution in [0.3, 0.4) is 0 Å². The number of hydrogen-bond donors (Lipinski definition) is 2. The van der Waals surface area contributed by atoms with Gasteiger partial charge in [0.2, 0.25) is 0 Å². The number of ketones is 1. The lowest BCUT2D eigenvalue weighted by Gasteiger charge is -2.06. The Labute approximate surface area is 101 Å². The van der Waals surface area contributed by atoms with Crippen LogP contribution in [-0.4, -0.2) is 34.0 Å². The summed E-state index contributed by atoms with van der Waals surface area (Å²) in [6, 6.07) is 1.90. The van der Waals surface area contributed by atoms with Gasteiger partial charge in [-0.3, -0.25) is 4.79 Å². The number of nitrogens with one attached hydrogen (secondary N) is 1. The van der Waals surface area contributed by atoms with Crippen molar-refractivity contribution >= 4 is 17.5 Å². The summed E-state index contributed by atoms with van der Waals surface area (Å²) in [5.41, 5.74) is 2.76. The standard InChI is InChI=1S/C12H19NO2S/c1-8(5-14)6-16-7-12(15)11-4-9(2)13-10(11)3/h4,8,13-14H,5-7H2,1-3H3. The van der Waals surface area contributed by atoms with Gasteiger partial charge in [0.05, 0.1) is 5.75 Å². The number of H-pyrrole nitrogens is 1. The third-order valence-electron chi connectivity index (χ3n) is 2.40. The van der Waals surface area contributed by atoms with Gasteiger partial charge < -0.3 is 10.1 Å². The fraction of sp³-hybridized carbons (Fsp3) is 0.583. The molecule has 1 rings (SSSR count). The van der Waals surface area contributed by atoms with E-state index in [2.05, 4.69) is 4.98 Å². The van der Waals surface area contributed by atoms with Crippen molar-refractivity contribution in [2.24, 2.45) is 5.92 Å². The Balaban J connectivity index is 2.44. The van der Waals surface area contributed by atoms with E-state index in [1.165, 1.54) is 0 Å². The lowest BCUT2D eigenvalue weighted by molar-refractivity contribution is 0.102. The lowest BCUT2D eigenvalue weighted by Crippen LogP contribution is -2.08. The fourth-order valence-electron chi connectivity index (χ4n) is 1.50. The predicted octanol–water partition coefficient (Wildman–Crippen LogP) is 2.18. The van der Waals surface area contributed by atoms with Gasteiger partial charge in [-0.25, -0.2) is 0 Å². The minimum absolute atomic E-state index is 0.164. The summed E-state index contributed by atoms with van der Waals surface area (Å²) in [6.45, 7) is 6.03. The van der Waals surface area contributed by atoms with Crippen LogP contribution >= 0.6 is 11.8 Å². The van der Waals surface area contributed by atoms with Gasteiger partial charge in [-0.15, -0.1) is 0 Å². The summed E-state index contributed by atoms with van der Waals surface area (Å²) >= 11 is 1.58. The summed E-state index contributed by atoms with van der Waals surface area (Å²) in [5.74, 6) is 1.73. The van der Waals surface area contributed by atoms with Crippen LogP contribution in [0.5, 0.6) is 0 Å². The molecule has 0 aliphatic rings. The zero-order valence-electron chi connectivity index (χ0n) is 10.0. The molecule has 0 aliphatic carbocycles. The summed E-state index contributed by atoms with van der Waals surface area (Å²) in [4.78, 5) is 15.0. The Bertz CT molecular complexity index is 360. The smallest absolute Gasteiger partial charge is 0.174 e. The number of carbonyl (C=O) groups excluding carboxylic acids is 1. The second kappa shape index (κ2) is 6.11. The highest BCUT2D eigenvalue weighted by Crippen LogP contribution is 2.14. The van der Waals surface area contributed by atoms with Gasteiger partial charge in [0.15, 0.2) is 5.78 Å². The number of carbonyl (C=O) groups is 1. The molecule has 1 heterocycles. The Hall–Kier alpha value is -0.740. The van der Waals surface area contributed by atoms with Gasteiger partial charge >= 0.3 is 0 Å². The molecule has 0 fully saturated rings. The summed E-state index contributed by atoms with van der Waals surface area (Å²) in [7, 11) is 0. The highest BCUT2D eigenvalue weighted by Gasteiger charge is 2.11. The average molecular weight is 241 g/mol. The largest absolute Gasteiger partial charge is 0.396 e. The van der Waals surface area contributed by atoms with Crippen molar-refractivity contribution in [1.29, 1.82) is 0 Å². The molecule has 0 saturated carbocycles. The van der Waals surface area contributed by atoms with Crippen LogP contribution in [-0.2, 0) is 0 Å². The molecule has 16 heavy (non-hydrogen) atoms. The van der Waals surface area contributed by atoms with Crippen molar-refractivity contribution < 1.29 is 9.90 Å². The van der Waals surface area contributed by atoms with Crippen molar-refractivity contribution in [2.75, 3.05) is 18.1 Å². The van der Waals surface area contributed by atoms with Crippen LogP contribution in [0.25, 0.3) is 0 Å². The Morgan fingerprint density at radius 1 is 1.56 bits per heavy atom. The number of rotatable bonds is 6. The Morgan fingerprint density at radius 2 is 2.25 bits per heavy atom. The number of aryl methyl sites for hydroxylation is 2. The van der Waals surface area contributed by atoms with Crippen LogP contribution in [0.4, 0.5) is 0 Å². The van der Waals surface area contributed by atoms with Gasteiger partial charge in [0.25, 0.3) is 0 Å².